The Morgan fingerprint density at radius 3 is 2.25 bits per heavy atom. The molecule has 174 valence electrons. The predicted octanol–water partition coefficient (Wildman–Crippen LogP) is 3.44. The number of amides is 1. The first-order chi connectivity index (χ1) is 15.2. The summed E-state index contributed by atoms with van der Waals surface area (Å²) in [5.74, 6) is -2.14. The number of likely N-dealkylation sites (tertiary alicyclic amines) is 1. The van der Waals surface area contributed by atoms with Crippen LogP contribution in [0.15, 0.2) is 36.4 Å². The van der Waals surface area contributed by atoms with Crippen LogP contribution in [0, 0.1) is 5.92 Å². The molecule has 1 fully saturated rings. The zero-order valence-electron chi connectivity index (χ0n) is 18.9. The number of rotatable bonds is 7. The van der Waals surface area contributed by atoms with Gasteiger partial charge < -0.3 is 19.8 Å². The van der Waals surface area contributed by atoms with E-state index in [-0.39, 0.29) is 6.09 Å². The van der Waals surface area contributed by atoms with E-state index < -0.39 is 11.9 Å². The van der Waals surface area contributed by atoms with E-state index in [1.54, 1.807) is 4.90 Å². The molecule has 1 aliphatic carbocycles. The standard InChI is InChI=1S/C20H28N2O2.C4H4O4/c1-15(2)14-24-20(23)21(3)18-8-10-22(11-9-18)13-17-12-16-6-4-5-7-19(16)17;5-3(6)1-2-4(7)8/h4-7,12,15,18H,8-11,13-14H2,1-3H3;1-2H,(H,5,6)(H,7,8)/b;2-1+. The average molecular weight is 445 g/mol. The van der Waals surface area contributed by atoms with Crippen LogP contribution in [0.1, 0.15) is 37.8 Å². The third-order valence-electron chi connectivity index (χ3n) is 5.33. The molecule has 1 aromatic carbocycles. The Bertz CT molecular complexity index is 853. The summed E-state index contributed by atoms with van der Waals surface area (Å²) in [5.41, 5.74) is 4.19. The zero-order chi connectivity index (χ0) is 23.7. The molecule has 1 aliphatic heterocycles. The zero-order valence-corrected chi connectivity index (χ0v) is 18.9. The van der Waals surface area contributed by atoms with Gasteiger partial charge in [0, 0.05) is 44.9 Å². The van der Waals surface area contributed by atoms with Crippen LogP contribution in [0.4, 0.5) is 4.79 Å². The fourth-order valence-corrected chi connectivity index (χ4v) is 3.57. The van der Waals surface area contributed by atoms with Crippen molar-refractivity contribution in [2.24, 2.45) is 5.92 Å². The van der Waals surface area contributed by atoms with E-state index in [1.165, 1.54) is 16.7 Å². The SMILES string of the molecule is CC(C)COC(=O)N(C)C1CCN(CC2=Cc3ccccc32)CC1.O=C(O)/C=C/C(=O)O. The molecule has 0 spiro atoms. The Kier molecular flexibility index (Phi) is 9.46. The van der Waals surface area contributed by atoms with Gasteiger partial charge in [-0.1, -0.05) is 38.1 Å². The molecule has 2 aliphatic rings. The first-order valence-corrected chi connectivity index (χ1v) is 10.7. The maximum absolute atomic E-state index is 12.1. The fourth-order valence-electron chi connectivity index (χ4n) is 3.57. The molecule has 0 unspecified atom stereocenters. The molecule has 0 saturated carbocycles. The normalized spacial score (nSPS) is 15.8. The number of hydrogen-bond donors (Lipinski definition) is 2. The number of benzene rings is 1. The van der Waals surface area contributed by atoms with Gasteiger partial charge in [-0.25, -0.2) is 14.4 Å². The Morgan fingerprint density at radius 2 is 1.72 bits per heavy atom. The van der Waals surface area contributed by atoms with E-state index in [1.807, 2.05) is 7.05 Å². The lowest BCUT2D eigenvalue weighted by Gasteiger charge is -2.37. The maximum Gasteiger partial charge on any atom is 0.409 e. The molecular weight excluding hydrogens is 412 g/mol. The van der Waals surface area contributed by atoms with Gasteiger partial charge in [0.1, 0.15) is 0 Å². The molecule has 1 aromatic rings. The van der Waals surface area contributed by atoms with E-state index in [0.29, 0.717) is 30.7 Å². The van der Waals surface area contributed by atoms with Crippen LogP contribution in [-0.4, -0.2) is 77.4 Å². The van der Waals surface area contributed by atoms with Crippen molar-refractivity contribution in [1.82, 2.24) is 9.80 Å². The molecule has 0 aromatic heterocycles. The van der Waals surface area contributed by atoms with Crippen LogP contribution < -0.4 is 0 Å². The second-order valence-electron chi connectivity index (χ2n) is 8.36. The Labute approximate surface area is 188 Å². The van der Waals surface area contributed by atoms with Gasteiger partial charge in [-0.2, -0.15) is 0 Å². The van der Waals surface area contributed by atoms with Crippen molar-refractivity contribution in [2.45, 2.75) is 32.7 Å². The van der Waals surface area contributed by atoms with Crippen molar-refractivity contribution in [2.75, 3.05) is 33.3 Å². The molecule has 3 rings (SSSR count). The molecule has 1 amide bonds. The second-order valence-corrected chi connectivity index (χ2v) is 8.36. The summed E-state index contributed by atoms with van der Waals surface area (Å²) in [5, 5.41) is 15.6. The van der Waals surface area contributed by atoms with Crippen LogP contribution >= 0.6 is 0 Å². The van der Waals surface area contributed by atoms with Gasteiger partial charge in [0.25, 0.3) is 0 Å². The summed E-state index contributed by atoms with van der Waals surface area (Å²) in [7, 11) is 1.87. The van der Waals surface area contributed by atoms with E-state index in [4.69, 9.17) is 14.9 Å². The van der Waals surface area contributed by atoms with Crippen molar-refractivity contribution < 1.29 is 29.3 Å². The first kappa shape index (κ1) is 25.1. The third kappa shape index (κ3) is 7.85. The smallest absolute Gasteiger partial charge is 0.409 e. The molecule has 8 heteroatoms. The van der Waals surface area contributed by atoms with Gasteiger partial charge in [0.2, 0.25) is 0 Å². The Balaban J connectivity index is 0.000000390. The maximum atomic E-state index is 12.1. The Morgan fingerprint density at radius 1 is 1.12 bits per heavy atom. The average Bonchev–Trinajstić information content (AvgIpc) is 2.74. The van der Waals surface area contributed by atoms with Crippen molar-refractivity contribution in [3.05, 3.63) is 47.5 Å². The fraction of sp³-hybridized carbons (Fsp3) is 0.458. The number of aliphatic carboxylic acids is 2. The molecule has 1 heterocycles. The molecule has 1 saturated heterocycles. The lowest BCUT2D eigenvalue weighted by Crippen LogP contribution is -2.46. The molecule has 0 radical (unpaired) electrons. The number of carbonyl (C=O) groups is 3. The van der Waals surface area contributed by atoms with Gasteiger partial charge >= 0.3 is 18.0 Å². The van der Waals surface area contributed by atoms with Crippen LogP contribution in [0.25, 0.3) is 11.6 Å². The van der Waals surface area contributed by atoms with Gasteiger partial charge in [0.05, 0.1) is 6.61 Å². The number of nitrogens with zero attached hydrogens (tertiary/aromatic N) is 2. The summed E-state index contributed by atoms with van der Waals surface area (Å²) >= 11 is 0. The van der Waals surface area contributed by atoms with Crippen molar-refractivity contribution in [3.63, 3.8) is 0 Å². The summed E-state index contributed by atoms with van der Waals surface area (Å²) in [6.07, 6.45) is 5.25. The molecule has 2 N–H and O–H groups in total. The first-order valence-electron chi connectivity index (χ1n) is 10.7. The second kappa shape index (κ2) is 12.0. The molecular formula is C24H32N2O6. The monoisotopic (exact) mass is 444 g/mol. The van der Waals surface area contributed by atoms with E-state index in [0.717, 1.165) is 32.5 Å². The van der Waals surface area contributed by atoms with Crippen LogP contribution in [-0.2, 0) is 14.3 Å². The van der Waals surface area contributed by atoms with Crippen LogP contribution in [0.5, 0.6) is 0 Å². The highest BCUT2D eigenvalue weighted by Gasteiger charge is 2.27. The highest BCUT2D eigenvalue weighted by atomic mass is 16.6. The van der Waals surface area contributed by atoms with E-state index in [2.05, 4.69) is 49.1 Å². The quantitative estimate of drug-likeness (QED) is 0.620. The predicted molar refractivity (Wildman–Crippen MR) is 122 cm³/mol. The number of carboxylic acid groups (broad SMARTS) is 2. The number of fused-ring (bicyclic) bond motifs is 1. The lowest BCUT2D eigenvalue weighted by molar-refractivity contribution is -0.134. The van der Waals surface area contributed by atoms with Gasteiger partial charge in [0.15, 0.2) is 0 Å². The minimum Gasteiger partial charge on any atom is -0.478 e. The minimum absolute atomic E-state index is 0.183. The van der Waals surface area contributed by atoms with E-state index >= 15 is 0 Å². The highest BCUT2D eigenvalue weighted by molar-refractivity contribution is 5.96. The van der Waals surface area contributed by atoms with Crippen LogP contribution in [0.2, 0.25) is 0 Å². The summed E-state index contributed by atoms with van der Waals surface area (Å²) in [6, 6.07) is 8.86. The van der Waals surface area contributed by atoms with Gasteiger partial charge in [-0.05, 0) is 41.5 Å². The third-order valence-corrected chi connectivity index (χ3v) is 5.33. The highest BCUT2D eigenvalue weighted by Crippen LogP contribution is 2.33. The minimum atomic E-state index is -1.26. The molecule has 32 heavy (non-hydrogen) atoms. The number of piperidine rings is 1. The van der Waals surface area contributed by atoms with Crippen molar-refractivity contribution in [3.8, 4) is 0 Å². The number of carbonyl (C=O) groups excluding carboxylic acids is 1. The van der Waals surface area contributed by atoms with E-state index in [9.17, 15) is 14.4 Å². The number of carboxylic acids is 2. The van der Waals surface area contributed by atoms with Crippen molar-refractivity contribution >= 4 is 29.7 Å². The Hall–Kier alpha value is -3.13. The van der Waals surface area contributed by atoms with Gasteiger partial charge in [-0.15, -0.1) is 0 Å². The lowest BCUT2D eigenvalue weighted by atomic mass is 9.88. The number of ether oxygens (including phenoxy) is 1. The summed E-state index contributed by atoms with van der Waals surface area (Å²) < 4.78 is 5.34. The topological polar surface area (TPSA) is 107 Å². The van der Waals surface area contributed by atoms with Crippen LogP contribution in [0.3, 0.4) is 0 Å². The summed E-state index contributed by atoms with van der Waals surface area (Å²) in [4.78, 5) is 35.5. The van der Waals surface area contributed by atoms with Crippen molar-refractivity contribution in [1.29, 1.82) is 0 Å². The van der Waals surface area contributed by atoms with Gasteiger partial charge in [-0.3, -0.25) is 4.90 Å². The molecule has 8 nitrogen and oxygen atoms in total. The largest absolute Gasteiger partial charge is 0.478 e. The molecule has 0 bridgehead atoms. The summed E-state index contributed by atoms with van der Waals surface area (Å²) in [6.45, 7) is 7.69. The molecule has 0 atom stereocenters. The number of hydrogen-bond acceptors (Lipinski definition) is 5.